The number of ketones is 4. The van der Waals surface area contributed by atoms with Gasteiger partial charge in [-0.2, -0.15) is 13.2 Å². The minimum atomic E-state index is -4.37. The van der Waals surface area contributed by atoms with E-state index in [4.69, 9.17) is 86.4 Å². The first-order valence-corrected chi connectivity index (χ1v) is 53.7. The van der Waals surface area contributed by atoms with Crippen LogP contribution in [0.1, 0.15) is 263 Å². The number of carbonyl (C=O) groups is 5. The first-order valence-electron chi connectivity index (χ1n) is 51.8. The Morgan fingerprint density at radius 1 is 0.418 bits per heavy atom. The molecule has 5 unspecified atom stereocenters. The third-order valence-electron chi connectivity index (χ3n) is 32.8. The predicted octanol–water partition coefficient (Wildman–Crippen LogP) is 25.1. The SMILES string of the molecule is CC(F)(F)C1CCCC(O)(CCC(=O)c2cn(C3COC3)c3cccc(Cl)c23)C1.CC1CC(O)(CCC(=O)c2cn(C3COC3)c3cccc(Cl)c23)CCC1(F)F.O=C(CC(C1CCCCC1)C(F)(F)F)c1cn(C2COC2)c2cccc(Cl)c12.O=C(CCCC1(O)CCCC1)c1cn(C2COC2)c2cccc(Cl)c12.O=C(NCC1(N2CCN(c3ccccc3)CC2)CCOCC1)c1cn(C2COC2)c2cccc(Cl)c12. The number of carbonyl (C=O) groups excluding carboxylic acids is 5. The van der Waals surface area contributed by atoms with E-state index in [1.807, 2.05) is 105 Å². The highest BCUT2D eigenvalue weighted by Crippen LogP contribution is 2.50. The van der Waals surface area contributed by atoms with Crippen molar-refractivity contribution in [3.8, 4) is 0 Å². The summed E-state index contributed by atoms with van der Waals surface area (Å²) in [4.78, 5) is 70.5. The third kappa shape index (κ3) is 23.7. The number of aromatic nitrogens is 5. The molecule has 7 saturated heterocycles. The lowest BCUT2D eigenvalue weighted by Crippen LogP contribution is -2.63. The minimum absolute atomic E-state index is 0.00914. The van der Waals surface area contributed by atoms with Crippen molar-refractivity contribution in [2.75, 3.05) is 117 Å². The number of fused-ring (bicyclic) bond motifs is 5. The molecule has 1 amide bonds. The van der Waals surface area contributed by atoms with Crippen molar-refractivity contribution in [2.45, 2.75) is 251 Å². The number of rotatable bonds is 28. The molecule has 4 N–H and O–H groups in total. The summed E-state index contributed by atoms with van der Waals surface area (Å²) in [6, 6.07) is 39.5. The molecule has 6 aromatic carbocycles. The zero-order valence-electron chi connectivity index (χ0n) is 82.5. The maximum Gasteiger partial charge on any atom is 0.392 e. The lowest BCUT2D eigenvalue weighted by molar-refractivity contribution is -0.190. The quantitative estimate of drug-likeness (QED) is 0.0263. The van der Waals surface area contributed by atoms with E-state index in [-0.39, 0.29) is 116 Å². The molecule has 0 spiro atoms. The number of ether oxygens (including phenoxy) is 6. The van der Waals surface area contributed by atoms with Crippen molar-refractivity contribution in [3.63, 3.8) is 0 Å². The van der Waals surface area contributed by atoms with Crippen molar-refractivity contribution in [1.29, 1.82) is 0 Å². The number of para-hydroxylation sites is 1. The van der Waals surface area contributed by atoms with Crippen molar-refractivity contribution in [3.05, 3.63) is 205 Å². The number of Topliss-reactive ketones (excluding diaryl/α,β-unsaturated/α-hetero) is 4. The van der Waals surface area contributed by atoms with Crippen molar-refractivity contribution >= 4 is 147 Å². The number of nitrogens with zero attached hydrogens (tertiary/aromatic N) is 7. The average Bonchev–Trinajstić information content (AvgIpc) is 1.71. The molecule has 0 radical (unpaired) electrons. The molecule has 146 heavy (non-hydrogen) atoms. The molecular formula is C112H130Cl5F7N8O14. The number of benzene rings is 6. The van der Waals surface area contributed by atoms with Gasteiger partial charge in [0.05, 0.1) is 177 Å². The first-order chi connectivity index (χ1) is 70.0. The van der Waals surface area contributed by atoms with Gasteiger partial charge in [0, 0.05) is 181 Å². The predicted molar refractivity (Wildman–Crippen MR) is 554 cm³/mol. The Bertz CT molecular complexity index is 6470. The number of nitrogens with one attached hydrogen (secondary N) is 1. The van der Waals surface area contributed by atoms with Crippen LogP contribution in [0.5, 0.6) is 0 Å². The van der Waals surface area contributed by atoms with Gasteiger partial charge in [0.15, 0.2) is 23.1 Å². The van der Waals surface area contributed by atoms with Gasteiger partial charge in [-0.25, -0.2) is 17.6 Å². The van der Waals surface area contributed by atoms with Crippen LogP contribution in [-0.2, 0) is 28.4 Å². The maximum atomic E-state index is 13.8. The molecule has 22 nitrogen and oxygen atoms in total. The molecule has 4 saturated carbocycles. The van der Waals surface area contributed by atoms with Gasteiger partial charge in [-0.1, -0.05) is 152 Å². The van der Waals surface area contributed by atoms with Gasteiger partial charge in [-0.05, 0) is 182 Å². The molecule has 11 aromatic rings. The molecule has 786 valence electrons. The molecule has 11 fully saturated rings. The number of halogens is 12. The van der Waals surface area contributed by atoms with Gasteiger partial charge in [0.1, 0.15) is 0 Å². The number of hydrogen-bond donors (Lipinski definition) is 4. The Balaban J connectivity index is 0.000000120. The van der Waals surface area contributed by atoms with E-state index < -0.39 is 70.7 Å². The second-order valence-electron chi connectivity index (χ2n) is 42.5. The summed E-state index contributed by atoms with van der Waals surface area (Å²) >= 11 is 32.1. The minimum Gasteiger partial charge on any atom is -0.390 e. The monoisotopic (exact) mass is 2120 g/mol. The maximum absolute atomic E-state index is 13.8. The zero-order valence-corrected chi connectivity index (χ0v) is 86.3. The summed E-state index contributed by atoms with van der Waals surface area (Å²) in [6.07, 6.45) is 17.3. The lowest BCUT2D eigenvalue weighted by atomic mass is 9.73. The number of piperazine rings is 1. The molecular weight excluding hydrogens is 1990 g/mol. The number of aliphatic hydroxyl groups is 3. The van der Waals surface area contributed by atoms with Gasteiger partial charge >= 0.3 is 6.18 Å². The molecule has 0 bridgehead atoms. The van der Waals surface area contributed by atoms with Gasteiger partial charge in [-0.15, -0.1) is 0 Å². The van der Waals surface area contributed by atoms with E-state index >= 15 is 0 Å². The van der Waals surface area contributed by atoms with Crippen LogP contribution in [0.4, 0.5) is 36.4 Å². The molecule has 7 aliphatic heterocycles. The zero-order chi connectivity index (χ0) is 103. The molecule has 11 aliphatic rings. The first kappa shape index (κ1) is 107. The number of alkyl halides is 7. The highest BCUT2D eigenvalue weighted by atomic mass is 35.5. The second-order valence-corrected chi connectivity index (χ2v) is 44.5. The van der Waals surface area contributed by atoms with E-state index in [9.17, 15) is 70.0 Å². The summed E-state index contributed by atoms with van der Waals surface area (Å²) in [5, 5.41) is 41.6. The van der Waals surface area contributed by atoms with Crippen LogP contribution in [0.25, 0.3) is 54.5 Å². The van der Waals surface area contributed by atoms with E-state index in [1.165, 1.54) is 12.6 Å². The number of amides is 1. The standard InChI is InChI=1S/C28H33ClN4O3.C22H26ClF2NO3.C21H23ClF3NO2.C21H24ClF2NO3.C20H24ClNO3/c29-24-7-4-8-25-26(24)23(17-33(25)22-18-36-19-22)27(34)30-20-28(9-15-35-16-10-28)32-13-11-31(12-14-32)21-5-2-1-3-6-21;1-21(24,25)14-4-3-8-22(28,10-14)9-7-19(27)16-11-26(15-12-29-13-15)18-6-2-5-17(23)20(16)18;22-17-7-4-8-18-20(17)15(10-26(18)14-11-28-12-14)19(27)9-16(21(23,24)25)13-5-2-1-3-6-13;1-13-9-20(27,7-8-21(13,23)24)6-5-18(26)15-10-25(14-11-28-12-14)17-4-2-3-16(22)19(15)17;21-16-5-3-6-17-19(16)15(11-22(17)14-12-25-13-14)18(23)7-4-10-20(24)8-1-2-9-20/h1-8,17,22H,9-16,18-20H2,(H,30,34);2,5-6,11,14-15,28H,3-4,7-10,12-13H2,1H3;4,7-8,10,13-14,16H,1-3,5-6,9,11-12H2;2-4,10,13-14,27H,5-9,11-12H2,1H3;3,5-6,11,14,24H,1-2,4,7-10,12-13H2. The van der Waals surface area contributed by atoms with Gasteiger partial charge < -0.3 is 76.8 Å². The normalized spacial score (nSPS) is 22.9. The Labute approximate surface area is 870 Å². The highest BCUT2D eigenvalue weighted by Gasteiger charge is 2.51. The summed E-state index contributed by atoms with van der Waals surface area (Å²) in [6.45, 7) is 14.4. The van der Waals surface area contributed by atoms with Crippen molar-refractivity contribution in [2.24, 2.45) is 23.7 Å². The molecule has 4 aliphatic carbocycles. The Morgan fingerprint density at radius 3 is 1.19 bits per heavy atom. The average molecular weight is 2120 g/mol. The van der Waals surface area contributed by atoms with E-state index in [0.29, 0.717) is 181 Å². The Morgan fingerprint density at radius 2 is 0.801 bits per heavy atom. The smallest absolute Gasteiger partial charge is 0.390 e. The van der Waals surface area contributed by atoms with Crippen molar-refractivity contribution < 1.29 is 98.4 Å². The van der Waals surface area contributed by atoms with Crippen LogP contribution < -0.4 is 10.2 Å². The summed E-state index contributed by atoms with van der Waals surface area (Å²) in [5.41, 5.74) is 5.38. The summed E-state index contributed by atoms with van der Waals surface area (Å²) < 4.78 is 139. The highest BCUT2D eigenvalue weighted by molar-refractivity contribution is 6.39. The second kappa shape index (κ2) is 45.6. The Hall–Kier alpha value is -8.47. The van der Waals surface area contributed by atoms with Gasteiger partial charge in [0.2, 0.25) is 5.92 Å². The van der Waals surface area contributed by atoms with E-state index in [1.54, 1.807) is 30.5 Å². The largest absolute Gasteiger partial charge is 0.392 e. The number of anilines is 1. The summed E-state index contributed by atoms with van der Waals surface area (Å²) in [5.74, 6) is -10.1. The van der Waals surface area contributed by atoms with Crippen LogP contribution in [0.3, 0.4) is 0 Å². The third-order valence-corrected chi connectivity index (χ3v) is 34.3. The molecule has 5 aromatic heterocycles. The Kier molecular flexibility index (Phi) is 33.5. The van der Waals surface area contributed by atoms with E-state index in [2.05, 4.69) is 54.6 Å². The fraction of sp³-hybridized carbons (Fsp3) is 0.545. The fourth-order valence-electron chi connectivity index (χ4n) is 23.6. The van der Waals surface area contributed by atoms with E-state index in [0.717, 1.165) is 149 Å². The van der Waals surface area contributed by atoms with Crippen LogP contribution in [0, 0.1) is 23.7 Å². The van der Waals surface area contributed by atoms with Gasteiger partial charge in [0.25, 0.3) is 11.8 Å². The topological polar surface area (TPSA) is 245 Å². The summed E-state index contributed by atoms with van der Waals surface area (Å²) in [7, 11) is 0. The lowest BCUT2D eigenvalue weighted by Gasteiger charge is -2.50. The van der Waals surface area contributed by atoms with Crippen molar-refractivity contribution in [1.82, 2.24) is 33.1 Å². The molecule has 22 rings (SSSR count). The molecule has 5 atom stereocenters. The van der Waals surface area contributed by atoms with Crippen LogP contribution in [-0.4, -0.2) is 224 Å². The number of hydrogen-bond acceptors (Lipinski definition) is 16. The molecule has 12 heterocycles. The van der Waals surface area contributed by atoms with Crippen LogP contribution in [0.15, 0.2) is 152 Å². The van der Waals surface area contributed by atoms with Gasteiger partial charge in [-0.3, -0.25) is 28.9 Å². The fourth-order valence-corrected chi connectivity index (χ4v) is 25.0. The van der Waals surface area contributed by atoms with Crippen LogP contribution in [0.2, 0.25) is 25.1 Å². The molecule has 34 heteroatoms. The van der Waals surface area contributed by atoms with Crippen LogP contribution >= 0.6 is 58.0 Å².